The van der Waals surface area contributed by atoms with Crippen molar-refractivity contribution in [1.29, 1.82) is 0 Å². The number of nitrogens with zero attached hydrogens (tertiary/aromatic N) is 1. The summed E-state index contributed by atoms with van der Waals surface area (Å²) in [4.78, 5) is 28.7. The van der Waals surface area contributed by atoms with Crippen LogP contribution < -0.4 is 24.3 Å². The minimum absolute atomic E-state index is 0.0170. The van der Waals surface area contributed by atoms with Gasteiger partial charge in [0, 0.05) is 44.3 Å². The van der Waals surface area contributed by atoms with Gasteiger partial charge in [-0.05, 0) is 59.4 Å². The lowest BCUT2D eigenvalue weighted by molar-refractivity contribution is -0.143. The molecule has 2 aliphatic heterocycles. The highest BCUT2D eigenvalue weighted by Crippen LogP contribution is 2.50. The Kier molecular flexibility index (Phi) is 10.5. The number of anilines is 1. The molecule has 45 heavy (non-hydrogen) atoms. The van der Waals surface area contributed by atoms with E-state index in [0.29, 0.717) is 42.8 Å². The summed E-state index contributed by atoms with van der Waals surface area (Å²) in [6.07, 6.45) is 2.32. The molecular weight excluding hydrogens is 576 g/mol. The Bertz CT molecular complexity index is 1470. The summed E-state index contributed by atoms with van der Waals surface area (Å²) in [5.74, 6) is -0.274. The van der Waals surface area contributed by atoms with E-state index >= 15 is 0 Å². The number of hydrogen-bond acceptors (Lipinski definition) is 8. The molecule has 0 bridgehead atoms. The molecule has 2 aliphatic rings. The lowest BCUT2D eigenvalue weighted by atomic mass is 9.82. The molecule has 2 heterocycles. The Morgan fingerprint density at radius 3 is 2.36 bits per heavy atom. The van der Waals surface area contributed by atoms with Gasteiger partial charge in [-0.1, -0.05) is 44.2 Å². The standard InChI is InChI=1S/C35H42N2O8/c1-5-22-9-7-10-23(6-2)32(22)36-30(38)20-37-19-27(25-17-28(42-4)34-29(18-25)44-21-45-34)31(35(39)40)33(37)24-11-13-26(14-12-24)43-16-8-15-41-3/h7,9-14,17-18,27,31,33H,5-6,8,15-16,19-21H2,1-4H3,(H,36,38)(H,39,40)/t27-,31-,33+/m1/s1. The van der Waals surface area contributed by atoms with Crippen molar-refractivity contribution in [2.75, 3.05) is 52.6 Å². The third kappa shape index (κ3) is 7.02. The number of aliphatic carboxylic acids is 1. The van der Waals surface area contributed by atoms with Gasteiger partial charge in [0.15, 0.2) is 11.5 Å². The summed E-state index contributed by atoms with van der Waals surface area (Å²) in [5.41, 5.74) is 4.51. The maximum atomic E-state index is 13.7. The average Bonchev–Trinajstić information content (AvgIpc) is 3.68. The Morgan fingerprint density at radius 1 is 0.978 bits per heavy atom. The van der Waals surface area contributed by atoms with Crippen molar-refractivity contribution in [3.8, 4) is 23.0 Å². The van der Waals surface area contributed by atoms with Crippen molar-refractivity contribution in [3.05, 3.63) is 76.9 Å². The fourth-order valence-electron chi connectivity index (χ4n) is 6.41. The minimum Gasteiger partial charge on any atom is -0.494 e. The minimum atomic E-state index is -0.950. The summed E-state index contributed by atoms with van der Waals surface area (Å²) >= 11 is 0. The van der Waals surface area contributed by atoms with Gasteiger partial charge in [-0.2, -0.15) is 0 Å². The second kappa shape index (κ2) is 14.7. The fraction of sp³-hybridized carbons (Fsp3) is 0.429. The topological polar surface area (TPSA) is 116 Å². The van der Waals surface area contributed by atoms with Crippen molar-refractivity contribution in [3.63, 3.8) is 0 Å². The lowest BCUT2D eigenvalue weighted by Gasteiger charge is -2.27. The van der Waals surface area contributed by atoms with E-state index in [4.69, 9.17) is 23.7 Å². The zero-order valence-electron chi connectivity index (χ0n) is 26.3. The van der Waals surface area contributed by atoms with Gasteiger partial charge >= 0.3 is 5.97 Å². The SMILES string of the molecule is CCc1cccc(CC)c1NC(=O)CN1C[C@H](c2cc(OC)c3c(c2)OCO3)[C@@H](C(=O)O)[C@@H]1c1ccc(OCCCOC)cc1. The molecule has 2 N–H and O–H groups in total. The van der Waals surface area contributed by atoms with Gasteiger partial charge in [-0.25, -0.2) is 0 Å². The molecule has 3 atom stereocenters. The first-order valence-corrected chi connectivity index (χ1v) is 15.4. The van der Waals surface area contributed by atoms with Gasteiger partial charge in [0.2, 0.25) is 18.4 Å². The number of carbonyl (C=O) groups is 2. The largest absolute Gasteiger partial charge is 0.494 e. The third-order valence-corrected chi connectivity index (χ3v) is 8.59. The summed E-state index contributed by atoms with van der Waals surface area (Å²) in [6, 6.07) is 16.6. The molecule has 5 rings (SSSR count). The van der Waals surface area contributed by atoms with Gasteiger partial charge in [-0.15, -0.1) is 0 Å². The van der Waals surface area contributed by atoms with Crippen LogP contribution in [0.2, 0.25) is 0 Å². The van der Waals surface area contributed by atoms with E-state index in [1.165, 1.54) is 0 Å². The summed E-state index contributed by atoms with van der Waals surface area (Å²) < 4.78 is 27.8. The van der Waals surface area contributed by atoms with E-state index < -0.39 is 23.8 Å². The van der Waals surface area contributed by atoms with Crippen molar-refractivity contribution in [2.45, 2.75) is 45.1 Å². The number of rotatable bonds is 14. The molecule has 1 saturated heterocycles. The smallest absolute Gasteiger partial charge is 0.309 e. The summed E-state index contributed by atoms with van der Waals surface area (Å²) in [5, 5.41) is 13.8. The molecule has 3 aromatic rings. The van der Waals surface area contributed by atoms with E-state index in [1.54, 1.807) is 14.2 Å². The number of fused-ring (bicyclic) bond motifs is 1. The first-order chi connectivity index (χ1) is 21.9. The molecule has 0 aromatic heterocycles. The Balaban J connectivity index is 1.48. The first-order valence-electron chi connectivity index (χ1n) is 15.4. The van der Waals surface area contributed by atoms with Crippen LogP contribution in [0.25, 0.3) is 0 Å². The van der Waals surface area contributed by atoms with E-state index in [1.807, 2.05) is 59.5 Å². The zero-order chi connectivity index (χ0) is 31.9. The van der Waals surface area contributed by atoms with Crippen LogP contribution in [-0.2, 0) is 27.2 Å². The summed E-state index contributed by atoms with van der Waals surface area (Å²) in [7, 11) is 3.20. The average molecular weight is 619 g/mol. The first kappa shape index (κ1) is 32.1. The van der Waals surface area contributed by atoms with Gasteiger partial charge in [0.1, 0.15) is 5.75 Å². The molecule has 0 spiro atoms. The van der Waals surface area contributed by atoms with Gasteiger partial charge in [0.25, 0.3) is 0 Å². The molecule has 0 saturated carbocycles. The molecule has 10 nitrogen and oxygen atoms in total. The fourth-order valence-corrected chi connectivity index (χ4v) is 6.41. The molecule has 240 valence electrons. The number of aryl methyl sites for hydroxylation is 2. The second-order valence-corrected chi connectivity index (χ2v) is 11.3. The number of nitrogens with one attached hydrogen (secondary N) is 1. The van der Waals surface area contributed by atoms with Crippen LogP contribution in [0.3, 0.4) is 0 Å². The maximum absolute atomic E-state index is 13.7. The number of carbonyl (C=O) groups excluding carboxylic acids is 1. The molecular formula is C35H42N2O8. The number of carboxylic acid groups (broad SMARTS) is 1. The van der Waals surface area contributed by atoms with Gasteiger partial charge < -0.3 is 34.1 Å². The Hall–Kier alpha value is -4.28. The molecule has 1 amide bonds. The number of para-hydroxylation sites is 1. The lowest BCUT2D eigenvalue weighted by Crippen LogP contribution is -2.35. The van der Waals surface area contributed by atoms with E-state index in [9.17, 15) is 14.7 Å². The normalized spacial score (nSPS) is 19.0. The van der Waals surface area contributed by atoms with Gasteiger partial charge in [-0.3, -0.25) is 14.5 Å². The van der Waals surface area contributed by atoms with Gasteiger partial charge in [0.05, 0.1) is 26.2 Å². The molecule has 0 unspecified atom stereocenters. The highest BCUT2D eigenvalue weighted by molar-refractivity contribution is 5.94. The predicted molar refractivity (Wildman–Crippen MR) is 170 cm³/mol. The van der Waals surface area contributed by atoms with Crippen molar-refractivity contribution >= 4 is 17.6 Å². The second-order valence-electron chi connectivity index (χ2n) is 11.3. The molecule has 0 aliphatic carbocycles. The molecule has 1 fully saturated rings. The van der Waals surface area contributed by atoms with Crippen LogP contribution in [0.4, 0.5) is 5.69 Å². The van der Waals surface area contributed by atoms with Crippen molar-refractivity contribution in [1.82, 2.24) is 4.90 Å². The van der Waals surface area contributed by atoms with Crippen LogP contribution in [0, 0.1) is 5.92 Å². The number of carboxylic acids is 1. The number of benzene rings is 3. The molecule has 3 aromatic carbocycles. The Labute approximate surface area is 264 Å². The van der Waals surface area contributed by atoms with Crippen LogP contribution in [-0.4, -0.2) is 69.2 Å². The van der Waals surface area contributed by atoms with Crippen molar-refractivity contribution < 1.29 is 38.4 Å². The number of ether oxygens (including phenoxy) is 5. The quantitative estimate of drug-likeness (QED) is 0.228. The monoisotopic (exact) mass is 618 g/mol. The van der Waals surface area contributed by atoms with Crippen LogP contribution in [0.15, 0.2) is 54.6 Å². The maximum Gasteiger partial charge on any atom is 0.309 e. The van der Waals surface area contributed by atoms with Crippen LogP contribution >= 0.6 is 0 Å². The van der Waals surface area contributed by atoms with E-state index in [-0.39, 0.29) is 19.2 Å². The number of likely N-dealkylation sites (tertiary alicyclic amines) is 1. The summed E-state index contributed by atoms with van der Waals surface area (Å²) in [6.45, 7) is 5.66. The number of methoxy groups -OCH3 is 2. The number of hydrogen-bond donors (Lipinski definition) is 2. The van der Waals surface area contributed by atoms with Crippen molar-refractivity contribution in [2.24, 2.45) is 5.92 Å². The predicted octanol–water partition coefficient (Wildman–Crippen LogP) is 5.44. The van der Waals surface area contributed by atoms with E-state index in [2.05, 4.69) is 19.2 Å². The zero-order valence-corrected chi connectivity index (χ0v) is 26.3. The van der Waals surface area contributed by atoms with E-state index in [0.717, 1.165) is 47.2 Å². The van der Waals surface area contributed by atoms with Crippen LogP contribution in [0.1, 0.15) is 54.5 Å². The van der Waals surface area contributed by atoms with Crippen LogP contribution in [0.5, 0.6) is 23.0 Å². The Morgan fingerprint density at radius 2 is 1.71 bits per heavy atom. The number of amides is 1. The molecule has 0 radical (unpaired) electrons. The molecule has 10 heteroatoms. The highest BCUT2D eigenvalue weighted by Gasteiger charge is 2.48. The third-order valence-electron chi connectivity index (χ3n) is 8.59. The highest BCUT2D eigenvalue weighted by atomic mass is 16.7.